The second-order valence-electron chi connectivity index (χ2n) is 7.20. The predicted molar refractivity (Wildman–Crippen MR) is 104 cm³/mol. The van der Waals surface area contributed by atoms with E-state index in [-0.39, 0.29) is 36.3 Å². The van der Waals surface area contributed by atoms with Gasteiger partial charge in [0.05, 0.1) is 18.0 Å². The molecule has 1 aromatic heterocycles. The summed E-state index contributed by atoms with van der Waals surface area (Å²) < 4.78 is 5.69. The van der Waals surface area contributed by atoms with Crippen molar-refractivity contribution in [1.29, 1.82) is 0 Å². The largest absolute Gasteiger partial charge is 0.339 e. The Balaban J connectivity index is 0.00000210. The van der Waals surface area contributed by atoms with Gasteiger partial charge in [0.15, 0.2) is 5.82 Å². The van der Waals surface area contributed by atoms with Crippen LogP contribution in [0.4, 0.5) is 0 Å². The molecule has 2 fully saturated rings. The van der Waals surface area contributed by atoms with E-state index in [0.717, 1.165) is 37.4 Å². The summed E-state index contributed by atoms with van der Waals surface area (Å²) in [5.74, 6) is 1.53. The molecule has 3 unspecified atom stereocenters. The molecule has 2 aliphatic heterocycles. The van der Waals surface area contributed by atoms with Gasteiger partial charge < -0.3 is 14.7 Å². The number of piperazine rings is 1. The van der Waals surface area contributed by atoms with Gasteiger partial charge in [0.2, 0.25) is 11.8 Å². The van der Waals surface area contributed by atoms with Gasteiger partial charge in [0.25, 0.3) is 0 Å². The number of piperidine rings is 1. The highest BCUT2D eigenvalue weighted by Crippen LogP contribution is 2.41. The molecule has 3 heterocycles. The molecule has 3 atom stereocenters. The Kier molecular flexibility index (Phi) is 6.14. The summed E-state index contributed by atoms with van der Waals surface area (Å²) in [5.41, 5.74) is 1.10. The van der Waals surface area contributed by atoms with E-state index in [1.165, 1.54) is 0 Å². The van der Waals surface area contributed by atoms with Crippen molar-refractivity contribution in [2.45, 2.75) is 30.8 Å². The first-order chi connectivity index (χ1) is 12.6. The van der Waals surface area contributed by atoms with Crippen molar-refractivity contribution < 1.29 is 9.32 Å². The number of nitrogens with one attached hydrogen (secondary N) is 1. The number of amides is 1. The summed E-state index contributed by atoms with van der Waals surface area (Å²) in [4.78, 5) is 21.1. The highest BCUT2D eigenvalue weighted by Gasteiger charge is 2.39. The zero-order chi connectivity index (χ0) is 18.1. The SMILES string of the molecule is CN1CCNCC1c1noc(C2CCC(=O)N(C)C2c2ccccc2)n1.Cl. The van der Waals surface area contributed by atoms with Crippen LogP contribution in [-0.4, -0.2) is 59.6 Å². The summed E-state index contributed by atoms with van der Waals surface area (Å²) >= 11 is 0. The highest BCUT2D eigenvalue weighted by atomic mass is 35.5. The Bertz CT molecular complexity index is 768. The number of carbonyl (C=O) groups excluding carboxylic acids is 1. The zero-order valence-corrected chi connectivity index (χ0v) is 16.5. The molecule has 1 N–H and O–H groups in total. The van der Waals surface area contributed by atoms with Crippen molar-refractivity contribution in [2.24, 2.45) is 0 Å². The van der Waals surface area contributed by atoms with Gasteiger partial charge in [0, 0.05) is 33.1 Å². The lowest BCUT2D eigenvalue weighted by atomic mass is 9.84. The second-order valence-corrected chi connectivity index (χ2v) is 7.20. The van der Waals surface area contributed by atoms with Crippen LogP contribution >= 0.6 is 12.4 Å². The van der Waals surface area contributed by atoms with Crippen LogP contribution in [0, 0.1) is 0 Å². The molecule has 7 nitrogen and oxygen atoms in total. The molecule has 8 heteroatoms. The Labute approximate surface area is 165 Å². The standard InChI is InChI=1S/C19H25N5O2.ClH/c1-23-11-10-20-12-15(23)18-21-19(26-22-18)14-8-9-16(25)24(2)17(14)13-6-4-3-5-7-13;/h3-7,14-15,17,20H,8-12H2,1-2H3;1H. The fourth-order valence-corrected chi connectivity index (χ4v) is 4.03. The number of rotatable bonds is 3. The fourth-order valence-electron chi connectivity index (χ4n) is 4.03. The molecular formula is C19H26ClN5O2. The van der Waals surface area contributed by atoms with Gasteiger partial charge in [-0.3, -0.25) is 9.69 Å². The van der Waals surface area contributed by atoms with Crippen molar-refractivity contribution >= 4 is 18.3 Å². The van der Waals surface area contributed by atoms with Gasteiger partial charge >= 0.3 is 0 Å². The number of halogens is 1. The lowest BCUT2D eigenvalue weighted by molar-refractivity contribution is -0.135. The number of carbonyl (C=O) groups is 1. The number of hydrogen-bond acceptors (Lipinski definition) is 6. The summed E-state index contributed by atoms with van der Waals surface area (Å²) in [6, 6.07) is 10.2. The molecule has 27 heavy (non-hydrogen) atoms. The van der Waals surface area contributed by atoms with Crippen LogP contribution in [0.15, 0.2) is 34.9 Å². The normalized spacial score (nSPS) is 26.7. The van der Waals surface area contributed by atoms with Crippen LogP contribution in [-0.2, 0) is 4.79 Å². The molecular weight excluding hydrogens is 366 g/mol. The lowest BCUT2D eigenvalue weighted by Gasteiger charge is -2.37. The minimum absolute atomic E-state index is 0. The third kappa shape index (κ3) is 3.85. The maximum Gasteiger partial charge on any atom is 0.232 e. The molecule has 0 saturated carbocycles. The van der Waals surface area contributed by atoms with E-state index in [0.29, 0.717) is 12.3 Å². The molecule has 2 aromatic rings. The number of hydrogen-bond donors (Lipinski definition) is 1. The highest BCUT2D eigenvalue weighted by molar-refractivity contribution is 5.85. The molecule has 146 valence electrons. The number of benzene rings is 1. The van der Waals surface area contributed by atoms with Crippen molar-refractivity contribution in [3.8, 4) is 0 Å². The van der Waals surface area contributed by atoms with E-state index in [9.17, 15) is 4.79 Å². The molecule has 0 aliphatic carbocycles. The van der Waals surface area contributed by atoms with Gasteiger partial charge in [-0.05, 0) is 19.0 Å². The van der Waals surface area contributed by atoms with E-state index >= 15 is 0 Å². The van der Waals surface area contributed by atoms with Crippen LogP contribution in [0.3, 0.4) is 0 Å². The Morgan fingerprint density at radius 1 is 1.22 bits per heavy atom. The summed E-state index contributed by atoms with van der Waals surface area (Å²) in [7, 11) is 3.95. The topological polar surface area (TPSA) is 74.5 Å². The maximum atomic E-state index is 12.3. The maximum absolute atomic E-state index is 12.3. The Morgan fingerprint density at radius 3 is 2.74 bits per heavy atom. The van der Waals surface area contributed by atoms with Crippen molar-refractivity contribution in [2.75, 3.05) is 33.7 Å². The van der Waals surface area contributed by atoms with Gasteiger partial charge in [-0.2, -0.15) is 4.98 Å². The van der Waals surface area contributed by atoms with Crippen molar-refractivity contribution in [3.63, 3.8) is 0 Å². The first kappa shape index (κ1) is 19.8. The zero-order valence-electron chi connectivity index (χ0n) is 15.7. The van der Waals surface area contributed by atoms with Crippen LogP contribution < -0.4 is 5.32 Å². The minimum atomic E-state index is -0.0760. The van der Waals surface area contributed by atoms with Crippen LogP contribution in [0.5, 0.6) is 0 Å². The monoisotopic (exact) mass is 391 g/mol. The molecule has 2 aliphatic rings. The Hall–Kier alpha value is -1.96. The molecule has 1 amide bonds. The van der Waals surface area contributed by atoms with E-state index < -0.39 is 0 Å². The molecule has 1 aromatic carbocycles. The van der Waals surface area contributed by atoms with Crippen molar-refractivity contribution in [3.05, 3.63) is 47.6 Å². The summed E-state index contributed by atoms with van der Waals surface area (Å²) in [5, 5.41) is 7.65. The second kappa shape index (κ2) is 8.37. The fraction of sp³-hybridized carbons (Fsp3) is 0.526. The van der Waals surface area contributed by atoms with Gasteiger partial charge in [0.1, 0.15) is 0 Å². The predicted octanol–water partition coefficient (Wildman–Crippen LogP) is 2.14. The lowest BCUT2D eigenvalue weighted by Crippen LogP contribution is -2.44. The van der Waals surface area contributed by atoms with E-state index in [4.69, 9.17) is 9.51 Å². The quantitative estimate of drug-likeness (QED) is 0.864. The van der Waals surface area contributed by atoms with Gasteiger partial charge in [-0.1, -0.05) is 35.5 Å². The third-order valence-corrected chi connectivity index (χ3v) is 5.59. The number of nitrogens with zero attached hydrogens (tertiary/aromatic N) is 4. The molecule has 0 spiro atoms. The average molecular weight is 392 g/mol. The third-order valence-electron chi connectivity index (χ3n) is 5.59. The summed E-state index contributed by atoms with van der Waals surface area (Å²) in [6.07, 6.45) is 1.23. The van der Waals surface area contributed by atoms with E-state index in [2.05, 4.69) is 34.6 Å². The van der Waals surface area contributed by atoms with Gasteiger partial charge in [-0.15, -0.1) is 12.4 Å². The van der Waals surface area contributed by atoms with Crippen LogP contribution in [0.2, 0.25) is 0 Å². The molecule has 0 radical (unpaired) electrons. The average Bonchev–Trinajstić information content (AvgIpc) is 3.14. The molecule has 2 saturated heterocycles. The van der Waals surface area contributed by atoms with E-state index in [1.807, 2.05) is 30.1 Å². The molecule has 4 rings (SSSR count). The first-order valence-corrected chi connectivity index (χ1v) is 9.20. The first-order valence-electron chi connectivity index (χ1n) is 9.20. The Morgan fingerprint density at radius 2 is 2.00 bits per heavy atom. The number of likely N-dealkylation sites (tertiary alicyclic amines) is 1. The number of likely N-dealkylation sites (N-methyl/N-ethyl adjacent to an activating group) is 2. The number of aromatic nitrogens is 2. The van der Waals surface area contributed by atoms with Gasteiger partial charge in [-0.25, -0.2) is 0 Å². The molecule has 0 bridgehead atoms. The van der Waals surface area contributed by atoms with Crippen LogP contribution in [0.25, 0.3) is 0 Å². The van der Waals surface area contributed by atoms with Crippen LogP contribution in [0.1, 0.15) is 48.1 Å². The van der Waals surface area contributed by atoms with E-state index in [1.54, 1.807) is 0 Å². The summed E-state index contributed by atoms with van der Waals surface area (Å²) in [6.45, 7) is 2.76. The van der Waals surface area contributed by atoms with Crippen molar-refractivity contribution in [1.82, 2.24) is 25.3 Å². The smallest absolute Gasteiger partial charge is 0.232 e. The minimum Gasteiger partial charge on any atom is -0.339 e.